The molecule has 2 rings (SSSR count). The Morgan fingerprint density at radius 1 is 1.29 bits per heavy atom. The van der Waals surface area contributed by atoms with E-state index >= 15 is 0 Å². The monoisotopic (exact) mass is 297 g/mol. The molecule has 2 saturated heterocycles. The lowest BCUT2D eigenvalue weighted by Crippen LogP contribution is -2.53. The number of ether oxygens (including phenoxy) is 1. The van der Waals surface area contributed by atoms with Crippen LogP contribution in [0.5, 0.6) is 0 Å². The molecule has 0 spiro atoms. The van der Waals surface area contributed by atoms with Crippen LogP contribution in [0.15, 0.2) is 0 Å². The second-order valence-corrected chi connectivity index (χ2v) is 6.11. The summed E-state index contributed by atoms with van der Waals surface area (Å²) in [6, 6.07) is 0.110. The first-order chi connectivity index (χ1) is 10.1. The molecule has 2 aliphatic heterocycles. The Balaban J connectivity index is 1.73. The second-order valence-electron chi connectivity index (χ2n) is 6.11. The van der Waals surface area contributed by atoms with Gasteiger partial charge in [-0.15, -0.1) is 0 Å². The zero-order valence-corrected chi connectivity index (χ0v) is 13.1. The molecule has 2 unspecified atom stereocenters. The lowest BCUT2D eigenvalue weighted by atomic mass is 9.93. The van der Waals surface area contributed by atoms with E-state index in [2.05, 4.69) is 17.6 Å². The van der Waals surface area contributed by atoms with Crippen molar-refractivity contribution in [1.29, 1.82) is 0 Å². The van der Waals surface area contributed by atoms with E-state index < -0.39 is 0 Å². The third kappa shape index (κ3) is 4.59. The number of piperidine rings is 2. The van der Waals surface area contributed by atoms with Crippen molar-refractivity contribution in [1.82, 2.24) is 15.5 Å². The molecule has 120 valence electrons. The fourth-order valence-corrected chi connectivity index (χ4v) is 3.03. The van der Waals surface area contributed by atoms with Crippen molar-refractivity contribution in [2.75, 3.05) is 26.2 Å². The predicted molar refractivity (Wildman–Crippen MR) is 79.9 cm³/mol. The summed E-state index contributed by atoms with van der Waals surface area (Å²) >= 11 is 0. The average molecular weight is 297 g/mol. The summed E-state index contributed by atoms with van der Waals surface area (Å²) in [6.07, 6.45) is 3.40. The molecule has 0 aromatic heterocycles. The van der Waals surface area contributed by atoms with E-state index in [1.54, 1.807) is 4.90 Å². The van der Waals surface area contributed by atoms with Gasteiger partial charge in [0.1, 0.15) is 0 Å². The smallest absolute Gasteiger partial charge is 0.409 e. The van der Waals surface area contributed by atoms with Crippen molar-refractivity contribution < 1.29 is 14.3 Å². The summed E-state index contributed by atoms with van der Waals surface area (Å²) < 4.78 is 4.99. The third-order valence-electron chi connectivity index (χ3n) is 4.35. The summed E-state index contributed by atoms with van der Waals surface area (Å²) in [5.41, 5.74) is 0. The molecular weight excluding hydrogens is 270 g/mol. The van der Waals surface area contributed by atoms with Gasteiger partial charge in [0.25, 0.3) is 0 Å². The number of carbonyl (C=O) groups excluding carboxylic acids is 2. The first-order valence-corrected chi connectivity index (χ1v) is 8.05. The Hall–Kier alpha value is -1.30. The molecule has 2 heterocycles. The van der Waals surface area contributed by atoms with Crippen LogP contribution >= 0.6 is 0 Å². The fraction of sp³-hybridized carbons (Fsp3) is 0.867. The molecule has 2 aliphatic rings. The second kappa shape index (κ2) is 7.64. The Labute approximate surface area is 126 Å². The number of hydrogen-bond acceptors (Lipinski definition) is 4. The fourth-order valence-electron chi connectivity index (χ4n) is 3.03. The van der Waals surface area contributed by atoms with Gasteiger partial charge in [-0.1, -0.05) is 6.92 Å². The van der Waals surface area contributed by atoms with Crippen LogP contribution in [0.25, 0.3) is 0 Å². The molecular formula is C15H27N3O3. The van der Waals surface area contributed by atoms with E-state index in [0.29, 0.717) is 25.6 Å². The molecule has 2 N–H and O–H groups in total. The summed E-state index contributed by atoms with van der Waals surface area (Å²) in [6.45, 7) is 6.63. The first kappa shape index (κ1) is 16.1. The van der Waals surface area contributed by atoms with Crippen LogP contribution in [-0.4, -0.2) is 55.2 Å². The van der Waals surface area contributed by atoms with Gasteiger partial charge in [0.05, 0.1) is 12.6 Å². The maximum absolute atomic E-state index is 12.3. The highest BCUT2D eigenvalue weighted by molar-refractivity contribution is 5.82. The molecule has 21 heavy (non-hydrogen) atoms. The number of amides is 2. The Morgan fingerprint density at radius 3 is 2.62 bits per heavy atom. The molecule has 2 amide bonds. The quantitative estimate of drug-likeness (QED) is 0.819. The predicted octanol–water partition coefficient (Wildman–Crippen LogP) is 1.11. The molecule has 0 radical (unpaired) electrons. The van der Waals surface area contributed by atoms with Crippen molar-refractivity contribution in [2.24, 2.45) is 5.92 Å². The van der Waals surface area contributed by atoms with Crippen LogP contribution < -0.4 is 10.6 Å². The molecule has 0 aromatic rings. The minimum atomic E-state index is -0.245. The zero-order valence-electron chi connectivity index (χ0n) is 13.1. The van der Waals surface area contributed by atoms with Gasteiger partial charge >= 0.3 is 6.09 Å². The van der Waals surface area contributed by atoms with E-state index in [1.807, 2.05) is 6.92 Å². The first-order valence-electron chi connectivity index (χ1n) is 8.05. The number of hydrogen-bond donors (Lipinski definition) is 2. The third-order valence-corrected chi connectivity index (χ3v) is 4.35. The van der Waals surface area contributed by atoms with Crippen molar-refractivity contribution in [3.63, 3.8) is 0 Å². The number of nitrogens with zero attached hydrogens (tertiary/aromatic N) is 1. The highest BCUT2D eigenvalue weighted by atomic mass is 16.6. The molecule has 0 aliphatic carbocycles. The van der Waals surface area contributed by atoms with Gasteiger partial charge in [0, 0.05) is 19.1 Å². The van der Waals surface area contributed by atoms with Crippen LogP contribution in [0, 0.1) is 5.92 Å². The van der Waals surface area contributed by atoms with Crippen LogP contribution in [0.3, 0.4) is 0 Å². The molecule has 0 bridgehead atoms. The number of nitrogens with one attached hydrogen (secondary N) is 2. The minimum absolute atomic E-state index is 0.0585. The largest absolute Gasteiger partial charge is 0.450 e. The Bertz CT molecular complexity index is 367. The van der Waals surface area contributed by atoms with Crippen molar-refractivity contribution in [2.45, 2.75) is 51.6 Å². The lowest BCUT2D eigenvalue weighted by molar-refractivity contribution is -0.125. The van der Waals surface area contributed by atoms with Gasteiger partial charge in [-0.05, 0) is 45.1 Å². The van der Waals surface area contributed by atoms with Gasteiger partial charge in [0.15, 0.2) is 0 Å². The van der Waals surface area contributed by atoms with Crippen LogP contribution in [-0.2, 0) is 9.53 Å². The Morgan fingerprint density at radius 2 is 2.00 bits per heavy atom. The molecule has 2 atom stereocenters. The summed E-state index contributed by atoms with van der Waals surface area (Å²) in [7, 11) is 0. The molecule has 2 fully saturated rings. The van der Waals surface area contributed by atoms with Gasteiger partial charge in [-0.25, -0.2) is 4.79 Å². The molecule has 0 saturated carbocycles. The van der Waals surface area contributed by atoms with Crippen LogP contribution in [0.2, 0.25) is 0 Å². The maximum atomic E-state index is 12.3. The van der Waals surface area contributed by atoms with Gasteiger partial charge in [-0.3, -0.25) is 4.79 Å². The van der Waals surface area contributed by atoms with E-state index in [-0.39, 0.29) is 24.1 Å². The standard InChI is InChI=1S/C15H27N3O3/c1-3-21-15(20)18-8-5-12(6-9-18)17-14(19)13-10-11(2)4-7-16-13/h11-13,16H,3-10H2,1-2H3,(H,17,19). The zero-order chi connectivity index (χ0) is 15.2. The molecule has 0 aromatic carbocycles. The van der Waals surface area contributed by atoms with E-state index in [0.717, 1.165) is 32.2 Å². The van der Waals surface area contributed by atoms with E-state index in [9.17, 15) is 9.59 Å². The van der Waals surface area contributed by atoms with Crippen LogP contribution in [0.4, 0.5) is 4.79 Å². The van der Waals surface area contributed by atoms with E-state index in [1.165, 1.54) is 0 Å². The van der Waals surface area contributed by atoms with Crippen LogP contribution in [0.1, 0.15) is 39.5 Å². The topological polar surface area (TPSA) is 70.7 Å². The minimum Gasteiger partial charge on any atom is -0.450 e. The number of rotatable bonds is 3. The SMILES string of the molecule is CCOC(=O)N1CCC(NC(=O)C2CC(C)CCN2)CC1. The van der Waals surface area contributed by atoms with Gasteiger partial charge in [0.2, 0.25) is 5.91 Å². The van der Waals surface area contributed by atoms with Gasteiger partial charge in [-0.2, -0.15) is 0 Å². The normalized spacial score (nSPS) is 27.2. The lowest BCUT2D eigenvalue weighted by Gasteiger charge is -2.33. The van der Waals surface area contributed by atoms with Crippen molar-refractivity contribution in [3.8, 4) is 0 Å². The highest BCUT2D eigenvalue weighted by Gasteiger charge is 2.28. The number of likely N-dealkylation sites (tertiary alicyclic amines) is 1. The summed E-state index contributed by atoms with van der Waals surface area (Å²) in [5, 5.41) is 6.41. The van der Waals surface area contributed by atoms with Gasteiger partial charge < -0.3 is 20.3 Å². The van der Waals surface area contributed by atoms with E-state index in [4.69, 9.17) is 4.74 Å². The molecule has 6 nitrogen and oxygen atoms in total. The highest BCUT2D eigenvalue weighted by Crippen LogP contribution is 2.16. The average Bonchev–Trinajstić information content (AvgIpc) is 2.48. The summed E-state index contributed by atoms with van der Waals surface area (Å²) in [5.74, 6) is 0.712. The maximum Gasteiger partial charge on any atom is 0.409 e. The number of carbonyl (C=O) groups is 2. The van der Waals surface area contributed by atoms with Crippen molar-refractivity contribution in [3.05, 3.63) is 0 Å². The van der Waals surface area contributed by atoms with Crippen molar-refractivity contribution >= 4 is 12.0 Å². The molecule has 6 heteroatoms. The summed E-state index contributed by atoms with van der Waals surface area (Å²) in [4.78, 5) is 25.6. The Kier molecular flexibility index (Phi) is 5.85.